The quantitative estimate of drug-likeness (QED) is 0.252. The number of fused-ring (bicyclic) bond motifs is 3. The summed E-state index contributed by atoms with van der Waals surface area (Å²) in [6.07, 6.45) is 4.81. The Morgan fingerprint density at radius 3 is 2.45 bits per heavy atom. The zero-order chi connectivity index (χ0) is 43.3. The third-order valence-electron chi connectivity index (χ3n) is 12.0. The van der Waals surface area contributed by atoms with Gasteiger partial charge in [0.25, 0.3) is 5.91 Å². The molecule has 2 aromatic heterocycles. The second-order valence-electron chi connectivity index (χ2n) is 17.3. The molecule has 7 heterocycles. The minimum absolute atomic E-state index is 0.0572. The van der Waals surface area contributed by atoms with Crippen LogP contribution in [0, 0.1) is 6.92 Å². The number of hydrogen-bond donors (Lipinski definition) is 2. The number of carbonyl (C=O) groups is 5. The van der Waals surface area contributed by atoms with Gasteiger partial charge < -0.3 is 34.4 Å². The van der Waals surface area contributed by atoms with Crippen LogP contribution in [0.15, 0.2) is 54.9 Å². The lowest BCUT2D eigenvalue weighted by Gasteiger charge is -2.36. The number of amides is 5. The Hall–Kier alpha value is -6.78. The van der Waals surface area contributed by atoms with Crippen LogP contribution in [-0.4, -0.2) is 112 Å². The molecule has 0 radical (unpaired) electrons. The van der Waals surface area contributed by atoms with Crippen molar-refractivity contribution in [2.24, 2.45) is 0 Å². The number of nitrogens with one attached hydrogen (secondary N) is 2. The molecule has 62 heavy (non-hydrogen) atoms. The number of piperazine rings is 1. The van der Waals surface area contributed by atoms with Gasteiger partial charge in [-0.3, -0.25) is 29.4 Å². The highest BCUT2D eigenvalue weighted by atomic mass is 16.6. The van der Waals surface area contributed by atoms with Crippen LogP contribution in [0.4, 0.5) is 33.5 Å². The molecule has 2 aromatic carbocycles. The first-order valence-corrected chi connectivity index (χ1v) is 21.2. The summed E-state index contributed by atoms with van der Waals surface area (Å²) in [7, 11) is 0. The van der Waals surface area contributed by atoms with Crippen molar-refractivity contribution < 1.29 is 33.4 Å². The Bertz CT molecular complexity index is 2460. The molecule has 322 valence electrons. The predicted octanol–water partition coefficient (Wildman–Crippen LogP) is 4.27. The van der Waals surface area contributed by atoms with Crippen LogP contribution in [0.3, 0.4) is 0 Å². The Kier molecular flexibility index (Phi) is 10.6. The second kappa shape index (κ2) is 16.2. The highest BCUT2D eigenvalue weighted by Crippen LogP contribution is 2.40. The summed E-state index contributed by atoms with van der Waals surface area (Å²) in [5.41, 5.74) is 7.86. The largest absolute Gasteiger partial charge is 0.474 e. The van der Waals surface area contributed by atoms with Crippen molar-refractivity contribution >= 4 is 58.4 Å². The van der Waals surface area contributed by atoms with Gasteiger partial charge in [0.1, 0.15) is 23.9 Å². The van der Waals surface area contributed by atoms with Crippen LogP contribution in [0.2, 0.25) is 0 Å². The molecule has 0 saturated carbocycles. The van der Waals surface area contributed by atoms with Crippen molar-refractivity contribution in [2.75, 3.05) is 65.9 Å². The van der Waals surface area contributed by atoms with Gasteiger partial charge in [-0.05, 0) is 87.6 Å². The fourth-order valence-electron chi connectivity index (χ4n) is 8.81. The molecule has 17 nitrogen and oxygen atoms in total. The van der Waals surface area contributed by atoms with Crippen LogP contribution in [0.25, 0.3) is 0 Å². The number of hydrogen-bond acceptors (Lipinski definition) is 13. The third kappa shape index (κ3) is 8.18. The van der Waals surface area contributed by atoms with Crippen molar-refractivity contribution in [3.05, 3.63) is 88.4 Å². The molecule has 0 spiro atoms. The topological polar surface area (TPSA) is 183 Å². The van der Waals surface area contributed by atoms with E-state index >= 15 is 0 Å². The van der Waals surface area contributed by atoms with E-state index in [-0.39, 0.29) is 30.6 Å². The fraction of sp³-hybridized carbons (Fsp3) is 0.422. The van der Waals surface area contributed by atoms with E-state index in [1.807, 2.05) is 81.3 Å². The molecule has 2 N–H and O–H groups in total. The minimum Gasteiger partial charge on any atom is -0.474 e. The summed E-state index contributed by atoms with van der Waals surface area (Å²) in [5, 5.41) is 5.67. The van der Waals surface area contributed by atoms with Crippen molar-refractivity contribution in [3.8, 4) is 5.88 Å². The average molecular weight is 843 g/mol. The third-order valence-corrected chi connectivity index (χ3v) is 12.0. The molecule has 1 atom stereocenters. The van der Waals surface area contributed by atoms with Crippen LogP contribution < -0.4 is 30.1 Å². The first kappa shape index (κ1) is 40.6. The van der Waals surface area contributed by atoms with Crippen LogP contribution in [-0.2, 0) is 45.1 Å². The smallest absolute Gasteiger partial charge is 0.415 e. The van der Waals surface area contributed by atoms with Gasteiger partial charge in [-0.25, -0.2) is 19.7 Å². The Morgan fingerprint density at radius 1 is 0.903 bits per heavy atom. The summed E-state index contributed by atoms with van der Waals surface area (Å²) >= 11 is 0. The molecular formula is C45H50N10O7. The molecule has 2 saturated heterocycles. The zero-order valence-electron chi connectivity index (χ0n) is 35.4. The van der Waals surface area contributed by atoms with Gasteiger partial charge >= 0.3 is 6.09 Å². The van der Waals surface area contributed by atoms with E-state index in [1.54, 1.807) is 16.0 Å². The summed E-state index contributed by atoms with van der Waals surface area (Å²) in [6, 6.07) is 12.8. The van der Waals surface area contributed by atoms with Gasteiger partial charge in [-0.1, -0.05) is 12.1 Å². The minimum atomic E-state index is -0.649. The van der Waals surface area contributed by atoms with Crippen LogP contribution in [0.1, 0.15) is 71.9 Å². The number of pyridine rings is 1. The standard InChI is InChI=1S/C45H50N10O7/c1-27-36(24-46-41-39(27)54(19-20-61-41)44(60)62-45(2,3)4)53-14-13-29-23-47-43(49-34(29)26-53)48-31-7-5-28(6-8-31)21-38(57)52-17-15-51(16-18-52)32-9-10-33-30(22-32)25-55(42(33)59)35-11-12-37(56)50-40(35)58/h5-10,22-24,35H,11-21,25-26H2,1-4H3,(H,47,48,49)(H,50,56,58). The van der Waals surface area contributed by atoms with Crippen molar-refractivity contribution in [1.82, 2.24) is 30.1 Å². The number of anilines is 5. The van der Waals surface area contributed by atoms with Crippen LogP contribution >= 0.6 is 0 Å². The van der Waals surface area contributed by atoms with Gasteiger partial charge in [0, 0.05) is 74.4 Å². The maximum Gasteiger partial charge on any atom is 0.415 e. The maximum atomic E-state index is 13.4. The monoisotopic (exact) mass is 842 g/mol. The van der Waals surface area contributed by atoms with Gasteiger partial charge in [-0.15, -0.1) is 0 Å². The van der Waals surface area contributed by atoms with E-state index < -0.39 is 23.6 Å². The molecule has 2 fully saturated rings. The predicted molar refractivity (Wildman–Crippen MR) is 230 cm³/mol. The maximum absolute atomic E-state index is 13.4. The molecule has 9 rings (SSSR count). The van der Waals surface area contributed by atoms with E-state index in [0.29, 0.717) is 81.9 Å². The molecule has 1 unspecified atom stereocenters. The van der Waals surface area contributed by atoms with Gasteiger partial charge in [-0.2, -0.15) is 0 Å². The van der Waals surface area contributed by atoms with E-state index in [4.69, 9.17) is 14.5 Å². The molecule has 17 heteroatoms. The first-order chi connectivity index (χ1) is 29.8. The highest BCUT2D eigenvalue weighted by molar-refractivity contribution is 6.05. The SMILES string of the molecule is Cc1c(N2CCc3cnc(Nc4ccc(CC(=O)N5CCN(c6ccc7c(c6)CN(C6CCC(=O)NC6=O)C7=O)CC5)cc4)nc3C2)cnc2c1N(C(=O)OC(C)(C)C)CCO2. The number of aromatic nitrogens is 3. The van der Waals surface area contributed by atoms with E-state index in [1.165, 1.54) is 0 Å². The number of piperidine rings is 1. The number of benzene rings is 2. The lowest BCUT2D eigenvalue weighted by molar-refractivity contribution is -0.137. The molecular weight excluding hydrogens is 793 g/mol. The number of carbonyl (C=O) groups excluding carboxylic acids is 5. The van der Waals surface area contributed by atoms with Gasteiger partial charge in [0.2, 0.25) is 29.5 Å². The fourth-order valence-corrected chi connectivity index (χ4v) is 8.81. The van der Waals surface area contributed by atoms with Crippen molar-refractivity contribution in [2.45, 2.75) is 78.1 Å². The zero-order valence-corrected chi connectivity index (χ0v) is 35.4. The highest BCUT2D eigenvalue weighted by Gasteiger charge is 2.39. The number of imide groups is 1. The molecule has 5 aliphatic heterocycles. The summed E-state index contributed by atoms with van der Waals surface area (Å²) in [6.45, 7) is 12.3. The van der Waals surface area contributed by atoms with Gasteiger partial charge in [0.05, 0.1) is 37.1 Å². The average Bonchev–Trinajstić information content (AvgIpc) is 3.58. The van der Waals surface area contributed by atoms with Crippen molar-refractivity contribution in [3.63, 3.8) is 0 Å². The molecule has 0 bridgehead atoms. The summed E-state index contributed by atoms with van der Waals surface area (Å²) < 4.78 is 11.5. The summed E-state index contributed by atoms with van der Waals surface area (Å²) in [4.78, 5) is 87.4. The Labute approximate surface area is 359 Å². The Morgan fingerprint density at radius 2 is 1.69 bits per heavy atom. The van der Waals surface area contributed by atoms with E-state index in [9.17, 15) is 24.0 Å². The van der Waals surface area contributed by atoms with Crippen molar-refractivity contribution in [1.29, 1.82) is 0 Å². The lowest BCUT2D eigenvalue weighted by Crippen LogP contribution is -2.52. The molecule has 5 amide bonds. The van der Waals surface area contributed by atoms with E-state index in [2.05, 4.69) is 30.4 Å². The summed E-state index contributed by atoms with van der Waals surface area (Å²) in [5.74, 6) is 0.0237. The second-order valence-corrected chi connectivity index (χ2v) is 17.3. The Balaban J connectivity index is 0.783. The lowest BCUT2D eigenvalue weighted by atomic mass is 10.0. The molecule has 0 aliphatic carbocycles. The van der Waals surface area contributed by atoms with Crippen LogP contribution in [0.5, 0.6) is 5.88 Å². The number of ether oxygens (including phenoxy) is 2. The van der Waals surface area contributed by atoms with Gasteiger partial charge in [0.15, 0.2) is 0 Å². The van der Waals surface area contributed by atoms with E-state index in [0.717, 1.165) is 58.0 Å². The number of nitrogens with zero attached hydrogens (tertiary/aromatic N) is 8. The molecule has 5 aliphatic rings. The normalized spacial score (nSPS) is 18.7. The molecule has 4 aromatic rings. The number of rotatable bonds is 7. The first-order valence-electron chi connectivity index (χ1n) is 21.2.